The lowest BCUT2D eigenvalue weighted by Crippen LogP contribution is -2.06. The molecule has 3 nitrogen and oxygen atoms in total. The van der Waals surface area contributed by atoms with E-state index in [1.54, 1.807) is 6.20 Å². The van der Waals surface area contributed by atoms with Crippen LogP contribution in [0.2, 0.25) is 5.02 Å². The van der Waals surface area contributed by atoms with E-state index in [0.29, 0.717) is 5.02 Å². The van der Waals surface area contributed by atoms with Gasteiger partial charge >= 0.3 is 0 Å². The third kappa shape index (κ3) is 3.82. The lowest BCUT2D eigenvalue weighted by atomic mass is 10.3. The number of aromatic nitrogens is 1. The van der Waals surface area contributed by atoms with Crippen molar-refractivity contribution >= 4 is 33.3 Å². The molecule has 14 heavy (non-hydrogen) atoms. The van der Waals surface area contributed by atoms with Crippen LogP contribution >= 0.6 is 27.5 Å². The van der Waals surface area contributed by atoms with Gasteiger partial charge in [0, 0.05) is 17.2 Å². The average molecular weight is 279 g/mol. The molecule has 0 unspecified atom stereocenters. The molecule has 0 aromatic carbocycles. The van der Waals surface area contributed by atoms with E-state index in [4.69, 9.17) is 17.3 Å². The normalized spacial score (nSPS) is 10.2. The SMILES string of the molecule is NCCCCNc1ncc(Br)cc1Cl. The van der Waals surface area contributed by atoms with Gasteiger partial charge in [-0.25, -0.2) is 4.98 Å². The first-order valence-corrected chi connectivity index (χ1v) is 5.66. The maximum atomic E-state index is 5.96. The zero-order valence-corrected chi connectivity index (χ0v) is 10.1. The Kier molecular flexibility index (Phi) is 5.22. The quantitative estimate of drug-likeness (QED) is 0.814. The Morgan fingerprint density at radius 2 is 2.29 bits per heavy atom. The van der Waals surface area contributed by atoms with Crippen LogP contribution in [0.3, 0.4) is 0 Å². The van der Waals surface area contributed by atoms with E-state index in [1.807, 2.05) is 6.07 Å². The summed E-state index contributed by atoms with van der Waals surface area (Å²) >= 11 is 9.26. The predicted molar refractivity (Wildman–Crippen MR) is 63.7 cm³/mol. The minimum absolute atomic E-state index is 0.632. The third-order valence-electron chi connectivity index (χ3n) is 1.73. The van der Waals surface area contributed by atoms with Crippen molar-refractivity contribution < 1.29 is 0 Å². The molecule has 78 valence electrons. The number of hydrogen-bond acceptors (Lipinski definition) is 3. The molecule has 0 aliphatic carbocycles. The molecular formula is C9H13BrClN3. The van der Waals surface area contributed by atoms with Crippen molar-refractivity contribution in [3.05, 3.63) is 21.8 Å². The second kappa shape index (κ2) is 6.22. The second-order valence-electron chi connectivity index (χ2n) is 2.91. The molecular weight excluding hydrogens is 265 g/mol. The summed E-state index contributed by atoms with van der Waals surface area (Å²) in [5, 5.41) is 3.79. The van der Waals surface area contributed by atoms with E-state index >= 15 is 0 Å². The Morgan fingerprint density at radius 3 is 2.93 bits per heavy atom. The average Bonchev–Trinajstić information content (AvgIpc) is 2.15. The van der Waals surface area contributed by atoms with E-state index in [0.717, 1.165) is 36.2 Å². The molecule has 1 heterocycles. The third-order valence-corrected chi connectivity index (χ3v) is 2.45. The first kappa shape index (κ1) is 11.8. The minimum atomic E-state index is 0.632. The van der Waals surface area contributed by atoms with E-state index in [1.165, 1.54) is 0 Å². The maximum Gasteiger partial charge on any atom is 0.144 e. The van der Waals surface area contributed by atoms with E-state index in [2.05, 4.69) is 26.2 Å². The molecule has 0 spiro atoms. The highest BCUT2D eigenvalue weighted by Gasteiger charge is 2.00. The molecule has 1 rings (SSSR count). The number of rotatable bonds is 5. The molecule has 0 radical (unpaired) electrons. The smallest absolute Gasteiger partial charge is 0.144 e. The highest BCUT2D eigenvalue weighted by molar-refractivity contribution is 9.10. The molecule has 1 aromatic rings. The topological polar surface area (TPSA) is 50.9 Å². The van der Waals surface area contributed by atoms with Gasteiger partial charge in [-0.05, 0) is 41.4 Å². The van der Waals surface area contributed by atoms with Gasteiger partial charge in [0.25, 0.3) is 0 Å². The molecule has 0 bridgehead atoms. The molecule has 0 saturated carbocycles. The fourth-order valence-electron chi connectivity index (χ4n) is 1.02. The lowest BCUT2D eigenvalue weighted by molar-refractivity contribution is 0.772. The molecule has 3 N–H and O–H groups in total. The summed E-state index contributed by atoms with van der Waals surface area (Å²) in [5.74, 6) is 0.729. The standard InChI is InChI=1S/C9H13BrClN3/c10-7-5-8(11)9(14-6-7)13-4-2-1-3-12/h5-6H,1-4,12H2,(H,13,14). The van der Waals surface area contributed by atoms with Gasteiger partial charge in [-0.15, -0.1) is 0 Å². The van der Waals surface area contributed by atoms with Crippen molar-refractivity contribution in [1.82, 2.24) is 4.98 Å². The Labute approximate surface area is 97.2 Å². The van der Waals surface area contributed by atoms with E-state index in [-0.39, 0.29) is 0 Å². The van der Waals surface area contributed by atoms with Crippen molar-refractivity contribution in [2.45, 2.75) is 12.8 Å². The van der Waals surface area contributed by atoms with Crippen LogP contribution in [0, 0.1) is 0 Å². The summed E-state index contributed by atoms with van der Waals surface area (Å²) in [6, 6.07) is 1.82. The van der Waals surface area contributed by atoms with Crippen molar-refractivity contribution in [2.24, 2.45) is 5.73 Å². The van der Waals surface area contributed by atoms with Crippen molar-refractivity contribution in [1.29, 1.82) is 0 Å². The van der Waals surface area contributed by atoms with Crippen LogP contribution in [-0.2, 0) is 0 Å². The van der Waals surface area contributed by atoms with Crippen molar-refractivity contribution in [2.75, 3.05) is 18.4 Å². The molecule has 0 aliphatic rings. The molecule has 1 aromatic heterocycles. The van der Waals surface area contributed by atoms with Crippen LogP contribution in [0.25, 0.3) is 0 Å². The molecule has 0 atom stereocenters. The van der Waals surface area contributed by atoms with E-state index < -0.39 is 0 Å². The molecule has 0 aliphatic heterocycles. The highest BCUT2D eigenvalue weighted by Crippen LogP contribution is 2.22. The number of pyridine rings is 1. The fraction of sp³-hybridized carbons (Fsp3) is 0.444. The highest BCUT2D eigenvalue weighted by atomic mass is 79.9. The minimum Gasteiger partial charge on any atom is -0.369 e. The van der Waals surface area contributed by atoms with Gasteiger partial charge in [-0.1, -0.05) is 11.6 Å². The first-order chi connectivity index (χ1) is 6.74. The maximum absolute atomic E-state index is 5.96. The van der Waals surface area contributed by atoms with Crippen LogP contribution in [0.5, 0.6) is 0 Å². The van der Waals surface area contributed by atoms with Crippen LogP contribution in [0.15, 0.2) is 16.7 Å². The van der Waals surface area contributed by atoms with Crippen molar-refractivity contribution in [3.63, 3.8) is 0 Å². The van der Waals surface area contributed by atoms with Gasteiger partial charge < -0.3 is 11.1 Å². The number of nitrogens with zero attached hydrogens (tertiary/aromatic N) is 1. The summed E-state index contributed by atoms with van der Waals surface area (Å²) < 4.78 is 0.884. The Bertz CT molecular complexity index is 293. The van der Waals surface area contributed by atoms with Crippen LogP contribution in [-0.4, -0.2) is 18.1 Å². The zero-order chi connectivity index (χ0) is 10.4. The van der Waals surface area contributed by atoms with Gasteiger partial charge in [0.15, 0.2) is 0 Å². The predicted octanol–water partition coefficient (Wildman–Crippen LogP) is 2.65. The zero-order valence-electron chi connectivity index (χ0n) is 7.76. The number of nitrogens with two attached hydrogens (primary N) is 1. The first-order valence-electron chi connectivity index (χ1n) is 4.49. The fourth-order valence-corrected chi connectivity index (χ4v) is 1.72. The summed E-state index contributed by atoms with van der Waals surface area (Å²) in [5.41, 5.74) is 5.38. The summed E-state index contributed by atoms with van der Waals surface area (Å²) in [7, 11) is 0. The number of hydrogen-bond donors (Lipinski definition) is 2. The van der Waals surface area contributed by atoms with Gasteiger partial charge in [-0.3, -0.25) is 0 Å². The van der Waals surface area contributed by atoms with Gasteiger partial charge in [0.2, 0.25) is 0 Å². The summed E-state index contributed by atoms with van der Waals surface area (Å²) in [6.07, 6.45) is 3.77. The van der Waals surface area contributed by atoms with E-state index in [9.17, 15) is 0 Å². The molecule has 5 heteroatoms. The Hall–Kier alpha value is -0.320. The molecule has 0 amide bonds. The van der Waals surface area contributed by atoms with Gasteiger partial charge in [-0.2, -0.15) is 0 Å². The lowest BCUT2D eigenvalue weighted by Gasteiger charge is -2.06. The largest absolute Gasteiger partial charge is 0.369 e. The molecule has 0 saturated heterocycles. The second-order valence-corrected chi connectivity index (χ2v) is 4.23. The number of unbranched alkanes of at least 4 members (excludes halogenated alkanes) is 1. The monoisotopic (exact) mass is 277 g/mol. The Balaban J connectivity index is 2.42. The summed E-state index contributed by atoms with van der Waals surface area (Å²) in [6.45, 7) is 1.58. The Morgan fingerprint density at radius 1 is 1.50 bits per heavy atom. The number of halogens is 2. The molecule has 0 fully saturated rings. The van der Waals surface area contributed by atoms with Crippen LogP contribution < -0.4 is 11.1 Å². The van der Waals surface area contributed by atoms with Crippen LogP contribution in [0.4, 0.5) is 5.82 Å². The van der Waals surface area contributed by atoms with Crippen LogP contribution in [0.1, 0.15) is 12.8 Å². The summed E-state index contributed by atoms with van der Waals surface area (Å²) in [4.78, 5) is 4.15. The number of anilines is 1. The van der Waals surface area contributed by atoms with Crippen molar-refractivity contribution in [3.8, 4) is 0 Å². The number of nitrogens with one attached hydrogen (secondary N) is 1. The van der Waals surface area contributed by atoms with Gasteiger partial charge in [0.05, 0.1) is 5.02 Å². The van der Waals surface area contributed by atoms with Gasteiger partial charge in [0.1, 0.15) is 5.82 Å².